The molecule has 2 fully saturated rings. The number of nitrogens with zero attached hydrogens (tertiary/aromatic N) is 2. The summed E-state index contributed by atoms with van der Waals surface area (Å²) < 4.78 is 5.45. The molecule has 2 rings (SSSR count). The molecule has 0 spiro atoms. The predicted molar refractivity (Wildman–Crippen MR) is 73.5 cm³/mol. The molecule has 0 aliphatic carbocycles. The smallest absolute Gasteiger partial charge is 0.320 e. The minimum absolute atomic E-state index is 0.103. The average molecular weight is 271 g/mol. The van der Waals surface area contributed by atoms with Crippen molar-refractivity contribution in [2.24, 2.45) is 11.7 Å². The zero-order chi connectivity index (χ0) is 13.1. The number of carbonyl (C=O) groups excluding carboxylic acids is 1. The second-order valence-electron chi connectivity index (χ2n) is 5.16. The van der Waals surface area contributed by atoms with E-state index in [1.165, 1.54) is 0 Å². The molecule has 2 aliphatic rings. The van der Waals surface area contributed by atoms with Gasteiger partial charge in [0, 0.05) is 19.6 Å². The first-order valence-electron chi connectivity index (χ1n) is 6.52. The highest BCUT2D eigenvalue weighted by Crippen LogP contribution is 2.18. The summed E-state index contributed by atoms with van der Waals surface area (Å²) in [6.07, 6.45) is 1.89. The molecular weight excluding hydrogens is 250 g/mol. The lowest BCUT2D eigenvalue weighted by molar-refractivity contribution is 0.0134. The van der Waals surface area contributed by atoms with Crippen molar-refractivity contribution in [1.82, 2.24) is 9.80 Å². The number of morpholine rings is 1. The average Bonchev–Trinajstić information content (AvgIpc) is 2.39. The molecule has 0 aromatic heterocycles. The maximum Gasteiger partial charge on any atom is 0.320 e. The highest BCUT2D eigenvalue weighted by atomic mass is 32.1. The lowest BCUT2D eigenvalue weighted by Gasteiger charge is -2.38. The molecule has 1 unspecified atom stereocenters. The molecule has 5 nitrogen and oxygen atoms in total. The van der Waals surface area contributed by atoms with E-state index in [9.17, 15) is 4.79 Å². The van der Waals surface area contributed by atoms with Gasteiger partial charge in [0.1, 0.15) is 11.1 Å². The first kappa shape index (κ1) is 13.5. The van der Waals surface area contributed by atoms with Gasteiger partial charge in [0.25, 0.3) is 0 Å². The van der Waals surface area contributed by atoms with Crippen LogP contribution >= 0.6 is 12.2 Å². The van der Waals surface area contributed by atoms with Crippen molar-refractivity contribution in [2.45, 2.75) is 25.9 Å². The van der Waals surface area contributed by atoms with Gasteiger partial charge in [0.2, 0.25) is 0 Å². The molecule has 0 aromatic carbocycles. The third-order valence-electron chi connectivity index (χ3n) is 3.71. The summed E-state index contributed by atoms with van der Waals surface area (Å²) in [6.45, 7) is 5.58. The first-order valence-corrected chi connectivity index (χ1v) is 6.93. The number of nitrogens with two attached hydrogens (primary N) is 1. The lowest BCUT2D eigenvalue weighted by atomic mass is 9.99. The van der Waals surface area contributed by atoms with Crippen LogP contribution in [0.2, 0.25) is 0 Å². The third-order valence-corrected chi connectivity index (χ3v) is 3.97. The SMILES string of the molecule is CC1CCN(C(=O)N2CCOC(C(N)=S)C2)CC1. The Kier molecular flexibility index (Phi) is 4.40. The Morgan fingerprint density at radius 2 is 1.94 bits per heavy atom. The van der Waals surface area contributed by atoms with Crippen LogP contribution in [0, 0.1) is 5.92 Å². The van der Waals surface area contributed by atoms with E-state index in [-0.39, 0.29) is 12.1 Å². The quantitative estimate of drug-likeness (QED) is 0.718. The number of carbonyl (C=O) groups is 1. The van der Waals surface area contributed by atoms with E-state index in [0.29, 0.717) is 24.7 Å². The summed E-state index contributed by atoms with van der Waals surface area (Å²) in [6, 6.07) is 0.103. The van der Waals surface area contributed by atoms with E-state index in [1.807, 2.05) is 9.80 Å². The van der Waals surface area contributed by atoms with Crippen molar-refractivity contribution < 1.29 is 9.53 Å². The molecule has 18 heavy (non-hydrogen) atoms. The minimum atomic E-state index is -0.290. The van der Waals surface area contributed by atoms with Crippen LogP contribution in [-0.4, -0.2) is 59.7 Å². The van der Waals surface area contributed by atoms with Crippen LogP contribution in [0.5, 0.6) is 0 Å². The Morgan fingerprint density at radius 1 is 1.28 bits per heavy atom. The number of urea groups is 1. The van der Waals surface area contributed by atoms with Crippen molar-refractivity contribution in [3.05, 3.63) is 0 Å². The van der Waals surface area contributed by atoms with Gasteiger partial charge < -0.3 is 20.3 Å². The maximum absolute atomic E-state index is 12.3. The van der Waals surface area contributed by atoms with Crippen molar-refractivity contribution in [3.8, 4) is 0 Å². The maximum atomic E-state index is 12.3. The molecule has 2 amide bonds. The number of piperidine rings is 1. The van der Waals surface area contributed by atoms with E-state index in [0.717, 1.165) is 31.8 Å². The monoisotopic (exact) mass is 271 g/mol. The third kappa shape index (κ3) is 3.11. The number of ether oxygens (including phenoxy) is 1. The standard InChI is InChI=1S/C12H21N3O2S/c1-9-2-4-14(5-3-9)12(16)15-6-7-17-10(8-15)11(13)18/h9-10H,2-8H2,1H3,(H2,13,18). The molecule has 0 saturated carbocycles. The van der Waals surface area contributed by atoms with Gasteiger partial charge in [0.15, 0.2) is 0 Å². The number of likely N-dealkylation sites (tertiary alicyclic amines) is 1. The van der Waals surface area contributed by atoms with Gasteiger partial charge in [-0.25, -0.2) is 4.79 Å². The van der Waals surface area contributed by atoms with E-state index < -0.39 is 0 Å². The number of hydrogen-bond donors (Lipinski definition) is 1. The van der Waals surface area contributed by atoms with Crippen LogP contribution in [0.1, 0.15) is 19.8 Å². The summed E-state index contributed by atoms with van der Waals surface area (Å²) in [5, 5.41) is 0. The van der Waals surface area contributed by atoms with Crippen molar-refractivity contribution in [1.29, 1.82) is 0 Å². The van der Waals surface area contributed by atoms with Gasteiger partial charge in [-0.05, 0) is 18.8 Å². The minimum Gasteiger partial charge on any atom is -0.391 e. The highest BCUT2D eigenvalue weighted by molar-refractivity contribution is 7.80. The molecule has 0 aromatic rings. The van der Waals surface area contributed by atoms with Gasteiger partial charge in [-0.2, -0.15) is 0 Å². The fourth-order valence-corrected chi connectivity index (χ4v) is 2.54. The molecule has 2 saturated heterocycles. The Balaban J connectivity index is 1.90. The molecule has 6 heteroatoms. The molecule has 2 aliphatic heterocycles. The number of amides is 2. The van der Waals surface area contributed by atoms with E-state index >= 15 is 0 Å². The van der Waals surface area contributed by atoms with Gasteiger partial charge in [-0.3, -0.25) is 0 Å². The van der Waals surface area contributed by atoms with Crippen molar-refractivity contribution in [3.63, 3.8) is 0 Å². The molecule has 0 radical (unpaired) electrons. The van der Waals surface area contributed by atoms with Crippen LogP contribution in [0.3, 0.4) is 0 Å². The Labute approximate surface area is 113 Å². The van der Waals surface area contributed by atoms with Gasteiger partial charge >= 0.3 is 6.03 Å². The second kappa shape index (κ2) is 5.84. The van der Waals surface area contributed by atoms with Crippen LogP contribution in [0.4, 0.5) is 4.79 Å². The molecular formula is C12H21N3O2S. The Bertz CT molecular complexity index is 329. The number of rotatable bonds is 1. The fourth-order valence-electron chi connectivity index (χ4n) is 2.40. The summed E-state index contributed by atoms with van der Waals surface area (Å²) in [5.41, 5.74) is 5.58. The summed E-state index contributed by atoms with van der Waals surface area (Å²) in [5.74, 6) is 0.725. The topological polar surface area (TPSA) is 58.8 Å². The highest BCUT2D eigenvalue weighted by Gasteiger charge is 2.30. The van der Waals surface area contributed by atoms with E-state index in [2.05, 4.69) is 6.92 Å². The summed E-state index contributed by atoms with van der Waals surface area (Å²) in [7, 11) is 0. The molecule has 2 heterocycles. The van der Waals surface area contributed by atoms with Crippen LogP contribution in [-0.2, 0) is 4.74 Å². The van der Waals surface area contributed by atoms with Crippen LogP contribution < -0.4 is 5.73 Å². The zero-order valence-electron chi connectivity index (χ0n) is 10.8. The molecule has 0 bridgehead atoms. The largest absolute Gasteiger partial charge is 0.391 e. The van der Waals surface area contributed by atoms with Gasteiger partial charge in [-0.15, -0.1) is 0 Å². The lowest BCUT2D eigenvalue weighted by Crippen LogP contribution is -2.54. The van der Waals surface area contributed by atoms with Gasteiger partial charge in [-0.1, -0.05) is 19.1 Å². The molecule has 2 N–H and O–H groups in total. The number of hydrogen-bond acceptors (Lipinski definition) is 3. The normalized spacial score (nSPS) is 26.2. The molecule has 1 atom stereocenters. The van der Waals surface area contributed by atoms with E-state index in [4.69, 9.17) is 22.7 Å². The van der Waals surface area contributed by atoms with Crippen molar-refractivity contribution in [2.75, 3.05) is 32.8 Å². The van der Waals surface area contributed by atoms with Crippen LogP contribution in [0.15, 0.2) is 0 Å². The summed E-state index contributed by atoms with van der Waals surface area (Å²) in [4.78, 5) is 16.4. The fraction of sp³-hybridized carbons (Fsp3) is 0.833. The predicted octanol–water partition coefficient (Wildman–Crippen LogP) is 0.825. The van der Waals surface area contributed by atoms with Crippen LogP contribution in [0.25, 0.3) is 0 Å². The van der Waals surface area contributed by atoms with Gasteiger partial charge in [0.05, 0.1) is 13.2 Å². The number of thiocarbonyl (C=S) groups is 1. The summed E-state index contributed by atoms with van der Waals surface area (Å²) >= 11 is 4.93. The Hall–Kier alpha value is -0.880. The zero-order valence-corrected chi connectivity index (χ0v) is 11.6. The van der Waals surface area contributed by atoms with E-state index in [1.54, 1.807) is 0 Å². The molecule has 102 valence electrons. The first-order chi connectivity index (χ1) is 8.58. The van der Waals surface area contributed by atoms with Crippen molar-refractivity contribution >= 4 is 23.2 Å². The second-order valence-corrected chi connectivity index (χ2v) is 5.63. The Morgan fingerprint density at radius 3 is 2.56 bits per heavy atom.